The lowest BCUT2D eigenvalue weighted by Gasteiger charge is -2.23. The number of aromatic nitrogens is 5. The Bertz CT molecular complexity index is 1380. The highest BCUT2D eigenvalue weighted by Crippen LogP contribution is 2.38. The second-order valence-electron chi connectivity index (χ2n) is 9.74. The topological polar surface area (TPSA) is 112 Å². The van der Waals surface area contributed by atoms with Gasteiger partial charge in [0.2, 0.25) is 0 Å². The summed E-state index contributed by atoms with van der Waals surface area (Å²) in [6.45, 7) is 1.37. The molecule has 1 saturated heterocycles. The number of amides is 1. The van der Waals surface area contributed by atoms with Crippen molar-refractivity contribution < 1.29 is 9.53 Å². The number of anilines is 1. The Morgan fingerprint density at radius 2 is 1.83 bits per heavy atom. The van der Waals surface area contributed by atoms with Gasteiger partial charge in [-0.25, -0.2) is 9.50 Å². The highest BCUT2D eigenvalue weighted by molar-refractivity contribution is 5.96. The molecule has 3 aromatic heterocycles. The summed E-state index contributed by atoms with van der Waals surface area (Å²) >= 11 is 0. The number of carbonyl (C=O) groups is 1. The van der Waals surface area contributed by atoms with Gasteiger partial charge >= 0.3 is 0 Å². The molecule has 3 N–H and O–H groups in total. The Kier molecular flexibility index (Phi) is 6.14. The first-order chi connectivity index (χ1) is 17.7. The second-order valence-corrected chi connectivity index (χ2v) is 9.74. The predicted octanol–water partition coefficient (Wildman–Crippen LogP) is 4.26. The van der Waals surface area contributed by atoms with Gasteiger partial charge in [-0.3, -0.25) is 9.48 Å². The monoisotopic (exact) mass is 485 g/mol. The lowest BCUT2D eigenvalue weighted by molar-refractivity contribution is 0.0696. The summed E-state index contributed by atoms with van der Waals surface area (Å²) < 4.78 is 9.38. The molecule has 9 heteroatoms. The van der Waals surface area contributed by atoms with Gasteiger partial charge < -0.3 is 15.8 Å². The molecule has 0 unspecified atom stereocenters. The van der Waals surface area contributed by atoms with Crippen LogP contribution in [-0.4, -0.2) is 49.5 Å². The van der Waals surface area contributed by atoms with Crippen molar-refractivity contribution in [1.82, 2.24) is 29.7 Å². The van der Waals surface area contributed by atoms with Gasteiger partial charge in [0.05, 0.1) is 17.4 Å². The van der Waals surface area contributed by atoms with Gasteiger partial charge in [0, 0.05) is 42.1 Å². The Balaban J connectivity index is 1.39. The van der Waals surface area contributed by atoms with Crippen LogP contribution in [0.15, 0.2) is 48.9 Å². The van der Waals surface area contributed by atoms with Crippen LogP contribution in [0, 0.1) is 0 Å². The van der Waals surface area contributed by atoms with E-state index in [1.54, 1.807) is 0 Å². The van der Waals surface area contributed by atoms with Crippen LogP contribution >= 0.6 is 0 Å². The maximum atomic E-state index is 13.0. The molecule has 0 bridgehead atoms. The maximum absolute atomic E-state index is 13.0. The van der Waals surface area contributed by atoms with Crippen molar-refractivity contribution in [2.24, 2.45) is 0 Å². The van der Waals surface area contributed by atoms with Crippen LogP contribution in [0.3, 0.4) is 0 Å². The highest BCUT2D eigenvalue weighted by Gasteiger charge is 2.24. The number of hydrogen-bond acceptors (Lipinski definition) is 6. The zero-order valence-electron chi connectivity index (χ0n) is 20.3. The molecule has 1 saturated carbocycles. The highest BCUT2D eigenvalue weighted by atomic mass is 16.5. The molecule has 4 aromatic rings. The molecule has 0 spiro atoms. The van der Waals surface area contributed by atoms with E-state index in [2.05, 4.69) is 26.1 Å². The first kappa shape index (κ1) is 22.7. The average molecular weight is 486 g/mol. The van der Waals surface area contributed by atoms with Gasteiger partial charge in [0.15, 0.2) is 5.82 Å². The molecular formula is C27H31N7O2. The van der Waals surface area contributed by atoms with Crippen molar-refractivity contribution in [3.05, 3.63) is 54.5 Å². The Labute approximate surface area is 209 Å². The summed E-state index contributed by atoms with van der Waals surface area (Å²) in [5.41, 5.74) is 11.5. The second kappa shape index (κ2) is 9.73. The molecular weight excluding hydrogens is 454 g/mol. The number of carbonyl (C=O) groups excluding carboxylic acids is 1. The number of benzene rings is 1. The number of nitrogens with one attached hydrogen (secondary N) is 1. The van der Waals surface area contributed by atoms with Crippen LogP contribution in [0.4, 0.5) is 5.82 Å². The standard InChI is InChI=1S/C27H31N7O2/c28-26-25-22(23-9-12-30-33(23)21-7-2-1-3-8-21)16-24(34(25)31-17-29-26)18-5-4-6-19(15-18)27(35)32-20-10-13-36-14-11-20/h4-6,9,12,15-17,20-21H,1-3,7-8,10-11,13-14H2,(H,32,35)(H2,28,29,31). The molecule has 186 valence electrons. The molecule has 6 rings (SSSR count). The smallest absolute Gasteiger partial charge is 0.251 e. The summed E-state index contributed by atoms with van der Waals surface area (Å²) in [6, 6.07) is 12.3. The third-order valence-electron chi connectivity index (χ3n) is 7.43. The van der Waals surface area contributed by atoms with E-state index in [0.717, 1.165) is 53.7 Å². The quantitative estimate of drug-likeness (QED) is 0.437. The van der Waals surface area contributed by atoms with Gasteiger partial charge in [-0.15, -0.1) is 0 Å². The minimum atomic E-state index is -0.0747. The molecule has 9 nitrogen and oxygen atoms in total. The zero-order valence-corrected chi connectivity index (χ0v) is 20.3. The van der Waals surface area contributed by atoms with E-state index in [1.165, 1.54) is 25.6 Å². The van der Waals surface area contributed by atoms with Crippen molar-refractivity contribution in [2.45, 2.75) is 57.0 Å². The van der Waals surface area contributed by atoms with Crippen LogP contribution in [0.5, 0.6) is 0 Å². The number of fused-ring (bicyclic) bond motifs is 1. The van der Waals surface area contributed by atoms with Crippen molar-refractivity contribution in [3.8, 4) is 22.5 Å². The number of rotatable bonds is 5. The summed E-state index contributed by atoms with van der Waals surface area (Å²) in [4.78, 5) is 17.3. The third kappa shape index (κ3) is 4.24. The van der Waals surface area contributed by atoms with Crippen molar-refractivity contribution in [1.29, 1.82) is 0 Å². The molecule has 36 heavy (non-hydrogen) atoms. The Morgan fingerprint density at radius 1 is 1.00 bits per heavy atom. The van der Waals surface area contributed by atoms with Crippen molar-refractivity contribution >= 4 is 17.2 Å². The fraction of sp³-hybridized carbons (Fsp3) is 0.407. The molecule has 1 aliphatic heterocycles. The molecule has 4 heterocycles. The van der Waals surface area contributed by atoms with Crippen molar-refractivity contribution in [2.75, 3.05) is 18.9 Å². The first-order valence-electron chi connectivity index (χ1n) is 12.8. The lowest BCUT2D eigenvalue weighted by Crippen LogP contribution is -2.38. The number of nitrogen functional groups attached to an aromatic ring is 1. The summed E-state index contributed by atoms with van der Waals surface area (Å²) in [5, 5.41) is 12.4. The van der Waals surface area contributed by atoms with Crippen LogP contribution in [-0.2, 0) is 4.74 Å². The normalized spacial score (nSPS) is 17.4. The molecule has 2 fully saturated rings. The minimum absolute atomic E-state index is 0.0747. The van der Waals surface area contributed by atoms with E-state index in [0.29, 0.717) is 30.6 Å². The van der Waals surface area contributed by atoms with E-state index >= 15 is 0 Å². The average Bonchev–Trinajstić information content (AvgIpc) is 3.56. The lowest BCUT2D eigenvalue weighted by atomic mass is 9.95. The van der Waals surface area contributed by atoms with Gasteiger partial charge in [-0.05, 0) is 49.9 Å². The number of hydrogen-bond donors (Lipinski definition) is 2. The molecule has 1 amide bonds. The van der Waals surface area contributed by atoms with E-state index < -0.39 is 0 Å². The van der Waals surface area contributed by atoms with Crippen LogP contribution < -0.4 is 11.1 Å². The number of nitrogens with two attached hydrogens (primary N) is 1. The Morgan fingerprint density at radius 3 is 2.67 bits per heavy atom. The summed E-state index contributed by atoms with van der Waals surface area (Å²) in [7, 11) is 0. The SMILES string of the molecule is Nc1ncnn2c(-c3cccc(C(=O)NC4CCOCC4)c3)cc(-c3ccnn3C3CCCCC3)c12. The van der Waals surface area contributed by atoms with E-state index in [-0.39, 0.29) is 11.9 Å². The van der Waals surface area contributed by atoms with Gasteiger partial charge in [0.25, 0.3) is 5.91 Å². The molecule has 2 aliphatic rings. The van der Waals surface area contributed by atoms with Gasteiger partial charge in [0.1, 0.15) is 11.8 Å². The van der Waals surface area contributed by atoms with Gasteiger partial charge in [-0.1, -0.05) is 31.4 Å². The van der Waals surface area contributed by atoms with Crippen LogP contribution in [0.25, 0.3) is 28.0 Å². The summed E-state index contributed by atoms with van der Waals surface area (Å²) in [6.07, 6.45) is 11.0. The van der Waals surface area contributed by atoms with E-state index in [4.69, 9.17) is 15.6 Å². The zero-order chi connectivity index (χ0) is 24.5. The van der Waals surface area contributed by atoms with Crippen LogP contribution in [0.2, 0.25) is 0 Å². The molecule has 1 aliphatic carbocycles. The Hall–Kier alpha value is -3.72. The number of ether oxygens (including phenoxy) is 1. The fourth-order valence-corrected chi connectivity index (χ4v) is 5.54. The maximum Gasteiger partial charge on any atom is 0.251 e. The number of nitrogens with zero attached hydrogens (tertiary/aromatic N) is 5. The molecule has 0 atom stereocenters. The third-order valence-corrected chi connectivity index (χ3v) is 7.43. The predicted molar refractivity (Wildman–Crippen MR) is 137 cm³/mol. The fourth-order valence-electron chi connectivity index (χ4n) is 5.54. The molecule has 1 aromatic carbocycles. The molecule has 0 radical (unpaired) electrons. The van der Waals surface area contributed by atoms with E-state index in [1.807, 2.05) is 41.0 Å². The summed E-state index contributed by atoms with van der Waals surface area (Å²) in [5.74, 6) is 0.338. The first-order valence-corrected chi connectivity index (χ1v) is 12.8. The minimum Gasteiger partial charge on any atom is -0.382 e. The largest absolute Gasteiger partial charge is 0.382 e. The van der Waals surface area contributed by atoms with E-state index in [9.17, 15) is 4.79 Å². The van der Waals surface area contributed by atoms with Gasteiger partial charge in [-0.2, -0.15) is 10.2 Å². The van der Waals surface area contributed by atoms with Crippen LogP contribution in [0.1, 0.15) is 61.3 Å². The van der Waals surface area contributed by atoms with Crippen molar-refractivity contribution in [3.63, 3.8) is 0 Å².